The number of benzene rings is 5. The molecular formula is C58H67N5O11S. The first-order valence-electron chi connectivity index (χ1n) is 25.5. The highest BCUT2D eigenvalue weighted by Crippen LogP contribution is 2.43. The van der Waals surface area contributed by atoms with Crippen LogP contribution in [0.4, 0.5) is 28.4 Å². The van der Waals surface area contributed by atoms with Gasteiger partial charge in [-0.25, -0.2) is 0 Å². The molecule has 5 aromatic rings. The Morgan fingerprint density at radius 2 is 1.36 bits per heavy atom. The van der Waals surface area contributed by atoms with Crippen LogP contribution in [0.2, 0.25) is 0 Å². The van der Waals surface area contributed by atoms with Crippen molar-refractivity contribution in [1.29, 1.82) is 0 Å². The quantitative estimate of drug-likeness (QED) is 0.0436. The first kappa shape index (κ1) is 53.1. The van der Waals surface area contributed by atoms with Crippen molar-refractivity contribution in [2.24, 2.45) is 4.99 Å². The molecule has 4 aliphatic rings. The Balaban J connectivity index is 1.00. The number of methoxy groups -OCH3 is 4. The maximum Gasteiger partial charge on any atom is 0.305 e. The first-order chi connectivity index (χ1) is 36.5. The summed E-state index contributed by atoms with van der Waals surface area (Å²) in [6, 6.07) is 29.2. The van der Waals surface area contributed by atoms with Gasteiger partial charge >= 0.3 is 5.97 Å². The largest absolute Gasteiger partial charge is 0.493 e. The number of fused-ring (bicyclic) bond motifs is 8. The summed E-state index contributed by atoms with van der Waals surface area (Å²) in [4.78, 5) is 51.3. The van der Waals surface area contributed by atoms with Crippen LogP contribution in [-0.2, 0) is 49.8 Å². The van der Waals surface area contributed by atoms with E-state index in [9.17, 15) is 14.4 Å². The van der Waals surface area contributed by atoms with Gasteiger partial charge in [0.1, 0.15) is 13.2 Å². The monoisotopic (exact) mass is 1040 g/mol. The normalized spacial score (nSPS) is 16.1. The fourth-order valence-corrected chi connectivity index (χ4v) is 11.2. The molecule has 2 atom stereocenters. The van der Waals surface area contributed by atoms with Crippen LogP contribution in [0.3, 0.4) is 0 Å². The van der Waals surface area contributed by atoms with Gasteiger partial charge in [0.05, 0.1) is 88.9 Å². The van der Waals surface area contributed by atoms with E-state index in [2.05, 4.69) is 54.4 Å². The Kier molecular flexibility index (Phi) is 17.2. The van der Waals surface area contributed by atoms with Gasteiger partial charge in [-0.1, -0.05) is 36.4 Å². The molecule has 1 N–H and O–H groups in total. The zero-order chi connectivity index (χ0) is 52.5. The average Bonchev–Trinajstić information content (AvgIpc) is 3.92. The Morgan fingerprint density at radius 1 is 0.733 bits per heavy atom. The SMILES string of the molecule is COCCOCCOCCN(CC(C)(C)SCCCC(=O)OC)c1cc(COc2cc3c(cc2OC)C(=O)N2c4ccccc4C[C@H]2C=N3)cc(COc2cc3c(cc2OC)C(=O)N2c4ccccc4C[C@H]2CN3)c1. The molecule has 0 aromatic heterocycles. The highest BCUT2D eigenvalue weighted by Gasteiger charge is 2.39. The third kappa shape index (κ3) is 12.3. The van der Waals surface area contributed by atoms with Crippen LogP contribution in [0.5, 0.6) is 23.0 Å². The number of hydrogen-bond acceptors (Lipinski definition) is 15. The van der Waals surface area contributed by atoms with Gasteiger partial charge in [-0.05, 0) is 97.2 Å². The van der Waals surface area contributed by atoms with Gasteiger partial charge in [0.15, 0.2) is 23.0 Å². The Labute approximate surface area is 443 Å². The summed E-state index contributed by atoms with van der Waals surface area (Å²) in [6.45, 7) is 8.79. The van der Waals surface area contributed by atoms with Gasteiger partial charge in [-0.15, -0.1) is 0 Å². The van der Waals surface area contributed by atoms with Crippen LogP contribution in [-0.4, -0.2) is 128 Å². The maximum absolute atomic E-state index is 14.2. The molecule has 0 fully saturated rings. The summed E-state index contributed by atoms with van der Waals surface area (Å²) < 4.78 is 46.7. The number of ether oxygens (including phenoxy) is 8. The molecular weight excluding hydrogens is 975 g/mol. The number of hydrogen-bond donors (Lipinski definition) is 1. The summed E-state index contributed by atoms with van der Waals surface area (Å²) in [5.74, 6) is 2.09. The number of amides is 2. The van der Waals surface area contributed by atoms with E-state index in [0.717, 1.165) is 51.5 Å². The van der Waals surface area contributed by atoms with Gasteiger partial charge in [0.25, 0.3) is 11.8 Å². The number of para-hydroxylation sites is 2. The van der Waals surface area contributed by atoms with Gasteiger partial charge in [0.2, 0.25) is 0 Å². The van der Waals surface area contributed by atoms with Crippen LogP contribution in [0, 0.1) is 0 Å². The van der Waals surface area contributed by atoms with E-state index in [-0.39, 0.29) is 47.8 Å². The molecule has 16 nitrogen and oxygen atoms in total. The van der Waals surface area contributed by atoms with Crippen LogP contribution in [0.25, 0.3) is 0 Å². The number of nitrogens with one attached hydrogen (secondary N) is 1. The van der Waals surface area contributed by atoms with Gasteiger partial charge in [-0.3, -0.25) is 24.3 Å². The minimum Gasteiger partial charge on any atom is -0.493 e. The van der Waals surface area contributed by atoms with E-state index >= 15 is 0 Å². The predicted octanol–water partition coefficient (Wildman–Crippen LogP) is 9.10. The predicted molar refractivity (Wildman–Crippen MR) is 293 cm³/mol. The van der Waals surface area contributed by atoms with Crippen molar-refractivity contribution in [2.45, 2.75) is 69.6 Å². The van der Waals surface area contributed by atoms with Crippen molar-refractivity contribution in [2.75, 3.05) is 107 Å². The molecule has 75 heavy (non-hydrogen) atoms. The molecule has 0 saturated carbocycles. The van der Waals surface area contributed by atoms with Gasteiger partial charge in [-0.2, -0.15) is 11.8 Å². The lowest BCUT2D eigenvalue weighted by Crippen LogP contribution is -2.39. The molecule has 0 saturated heterocycles. The molecule has 0 bridgehead atoms. The van der Waals surface area contributed by atoms with Crippen molar-refractivity contribution < 1.29 is 52.3 Å². The number of anilines is 4. The van der Waals surface area contributed by atoms with Crippen molar-refractivity contribution in [1.82, 2.24) is 0 Å². The third-order valence-electron chi connectivity index (χ3n) is 13.8. The number of aliphatic imine (C=N–C) groups is 1. The summed E-state index contributed by atoms with van der Waals surface area (Å²) >= 11 is 1.80. The fraction of sp³-hybridized carbons (Fsp3) is 0.414. The number of esters is 1. The lowest BCUT2D eigenvalue weighted by molar-refractivity contribution is -0.140. The molecule has 0 unspecified atom stereocenters. The number of thioether (sulfide) groups is 1. The number of rotatable bonds is 25. The van der Waals surface area contributed by atoms with Crippen LogP contribution in [0.15, 0.2) is 96.0 Å². The van der Waals surface area contributed by atoms with Crippen molar-refractivity contribution in [3.05, 3.63) is 124 Å². The first-order valence-corrected chi connectivity index (χ1v) is 26.5. The van der Waals surface area contributed by atoms with Crippen LogP contribution in [0.1, 0.15) is 69.7 Å². The summed E-state index contributed by atoms with van der Waals surface area (Å²) in [6.07, 6.45) is 4.35. The Bertz CT molecular complexity index is 2890. The van der Waals surface area contributed by atoms with Crippen LogP contribution < -0.4 is 39.0 Å². The van der Waals surface area contributed by atoms with Gasteiger partial charge in [0, 0.05) is 79.7 Å². The van der Waals surface area contributed by atoms with E-state index in [1.165, 1.54) is 7.11 Å². The molecule has 0 spiro atoms. The van der Waals surface area contributed by atoms with Crippen molar-refractivity contribution in [3.8, 4) is 23.0 Å². The molecule has 4 aliphatic heterocycles. The summed E-state index contributed by atoms with van der Waals surface area (Å²) in [5.41, 5.74) is 8.84. The van der Waals surface area contributed by atoms with Crippen LogP contribution >= 0.6 is 11.8 Å². The lowest BCUT2D eigenvalue weighted by atomic mass is 10.1. The lowest BCUT2D eigenvalue weighted by Gasteiger charge is -2.34. The number of nitrogens with zero attached hydrogens (tertiary/aromatic N) is 4. The fourth-order valence-electron chi connectivity index (χ4n) is 10.1. The van der Waals surface area contributed by atoms with E-state index in [1.54, 1.807) is 51.3 Å². The van der Waals surface area contributed by atoms with E-state index in [0.29, 0.717) is 117 Å². The van der Waals surface area contributed by atoms with E-state index in [4.69, 9.17) is 42.9 Å². The maximum atomic E-state index is 14.2. The van der Waals surface area contributed by atoms with Crippen molar-refractivity contribution in [3.63, 3.8) is 0 Å². The molecule has 9 rings (SSSR count). The number of carbonyl (C=O) groups is 3. The standard InChI is InChI=1S/C58H67N5O11S/c1-58(2,75-23-11-16-55(64)70-6)37-61(17-18-71-21-22-72-20-19-67-3)42-25-38(35-73-53-31-47-45(29-51(53)68-4)56(65)62-43(33-59-47)27-40-12-7-9-14-49(40)62)24-39(26-42)36-74-54-32-48-46(30-52(54)69-5)57(66)63-44(34-60-48)28-41-13-8-10-15-50(41)63/h7-10,12-15,24-26,29-33,43-44,60H,11,16-23,27-28,34-37H2,1-6H3/t43-,44-/m0/s1. The molecule has 2 amide bonds. The summed E-state index contributed by atoms with van der Waals surface area (Å²) in [5, 5.41) is 3.54. The average molecular weight is 1040 g/mol. The second-order valence-corrected chi connectivity index (χ2v) is 21.3. The molecule has 17 heteroatoms. The Hall–Kier alpha value is -6.79. The summed E-state index contributed by atoms with van der Waals surface area (Å²) in [7, 11) is 6.20. The molecule has 396 valence electrons. The van der Waals surface area contributed by atoms with Gasteiger partial charge < -0.3 is 53.0 Å². The minimum atomic E-state index is -0.246. The van der Waals surface area contributed by atoms with Crippen molar-refractivity contribution >= 4 is 64.2 Å². The van der Waals surface area contributed by atoms with E-state index < -0.39 is 0 Å². The molecule has 5 aromatic carbocycles. The minimum absolute atomic E-state index is 0.0243. The second kappa shape index (κ2) is 24.3. The smallest absolute Gasteiger partial charge is 0.305 e. The highest BCUT2D eigenvalue weighted by molar-refractivity contribution is 8.00. The molecule has 4 heterocycles. The topological polar surface area (TPSA) is 159 Å². The zero-order valence-corrected chi connectivity index (χ0v) is 44.5. The highest BCUT2D eigenvalue weighted by atomic mass is 32.2. The third-order valence-corrected chi connectivity index (χ3v) is 15.2. The Morgan fingerprint density at radius 3 is 2.05 bits per heavy atom. The molecule has 0 radical (unpaired) electrons. The second-order valence-electron chi connectivity index (χ2n) is 19.5. The zero-order valence-electron chi connectivity index (χ0n) is 43.7. The molecule has 0 aliphatic carbocycles. The van der Waals surface area contributed by atoms with E-state index in [1.807, 2.05) is 58.5 Å². The number of carbonyl (C=O) groups excluding carboxylic acids is 3.